The summed E-state index contributed by atoms with van der Waals surface area (Å²) in [7, 11) is 0. The summed E-state index contributed by atoms with van der Waals surface area (Å²) >= 11 is 0. The van der Waals surface area contributed by atoms with Crippen molar-refractivity contribution in [2.24, 2.45) is 4.99 Å². The largest absolute Gasteiger partial charge is 0.416 e. The Labute approximate surface area is 232 Å². The molecule has 1 amide bonds. The van der Waals surface area contributed by atoms with Gasteiger partial charge in [-0.2, -0.15) is 23.4 Å². The predicted molar refractivity (Wildman–Crippen MR) is 145 cm³/mol. The summed E-state index contributed by atoms with van der Waals surface area (Å²) in [4.78, 5) is 31.9. The van der Waals surface area contributed by atoms with Crippen LogP contribution in [0.3, 0.4) is 0 Å². The van der Waals surface area contributed by atoms with Crippen LogP contribution in [0, 0.1) is 11.5 Å². The van der Waals surface area contributed by atoms with Gasteiger partial charge in [-0.3, -0.25) is 9.20 Å². The Morgan fingerprint density at radius 2 is 1.95 bits per heavy atom. The van der Waals surface area contributed by atoms with Gasteiger partial charge in [0.05, 0.1) is 17.5 Å². The summed E-state index contributed by atoms with van der Waals surface area (Å²) in [5, 5.41) is 11.5. The van der Waals surface area contributed by atoms with Crippen LogP contribution < -0.4 is 11.1 Å². The number of hydrogen-bond donors (Lipinski definition) is 2. The van der Waals surface area contributed by atoms with Gasteiger partial charge in [-0.25, -0.2) is 15.0 Å². The van der Waals surface area contributed by atoms with Crippen LogP contribution in [0.15, 0.2) is 60.0 Å². The van der Waals surface area contributed by atoms with Gasteiger partial charge in [0.2, 0.25) is 6.19 Å². The number of aromatic nitrogens is 4. The third-order valence-corrected chi connectivity index (χ3v) is 7.64. The molecule has 3 N–H and O–H groups in total. The molecule has 2 saturated heterocycles. The minimum Gasteiger partial charge on any atom is -0.382 e. The van der Waals surface area contributed by atoms with Crippen molar-refractivity contribution in [1.82, 2.24) is 24.3 Å². The highest BCUT2D eigenvalue weighted by Crippen LogP contribution is 2.36. The van der Waals surface area contributed by atoms with Crippen molar-refractivity contribution < 1.29 is 18.0 Å². The second kappa shape index (κ2) is 10.2. The second-order valence-corrected chi connectivity index (χ2v) is 10.1. The van der Waals surface area contributed by atoms with Crippen LogP contribution in [0.25, 0.3) is 16.8 Å². The number of nitrogens with two attached hydrogens (primary N) is 1. The number of carbonyl (C=O) groups is 1. The lowest BCUT2D eigenvalue weighted by Gasteiger charge is -2.35. The first kappa shape index (κ1) is 26.2. The third kappa shape index (κ3) is 5.04. The maximum Gasteiger partial charge on any atom is 0.416 e. The molecule has 6 rings (SSSR count). The van der Waals surface area contributed by atoms with E-state index < -0.39 is 17.6 Å². The van der Waals surface area contributed by atoms with Crippen molar-refractivity contribution in [1.29, 1.82) is 5.26 Å². The van der Waals surface area contributed by atoms with Crippen molar-refractivity contribution in [2.75, 3.05) is 17.6 Å². The first-order chi connectivity index (χ1) is 19.7. The smallest absolute Gasteiger partial charge is 0.382 e. The zero-order chi connectivity index (χ0) is 28.7. The summed E-state index contributed by atoms with van der Waals surface area (Å²) in [5.41, 5.74) is 7.59. The summed E-state index contributed by atoms with van der Waals surface area (Å²) in [6.45, 7) is 0.715. The number of amides is 1. The standard InChI is InChI=1S/C28H24F3N9O/c29-28(30,31)19-9-10-34-23(11-19)38-27(41)17-3-1-16(2-4-17)21-14-40-22(25(33)37-21)12-35-26(40)18-5-6-20-7-8-24(36-15-32)39(20)13-18/h1-4,9-12,14,18,20H,5-8,13H2,(H2,33,37)(H,34,38,41)/t18-,20+/m1/s1. The van der Waals surface area contributed by atoms with Crippen LogP contribution in [0.5, 0.6) is 0 Å². The molecule has 3 aromatic heterocycles. The maximum absolute atomic E-state index is 13.0. The highest BCUT2D eigenvalue weighted by atomic mass is 19.4. The molecule has 2 fully saturated rings. The van der Waals surface area contributed by atoms with E-state index in [1.165, 1.54) is 0 Å². The minimum absolute atomic E-state index is 0.112. The lowest BCUT2D eigenvalue weighted by atomic mass is 9.92. The van der Waals surface area contributed by atoms with E-state index in [1.54, 1.807) is 30.5 Å². The quantitative estimate of drug-likeness (QED) is 0.341. The van der Waals surface area contributed by atoms with Crippen molar-refractivity contribution >= 4 is 28.9 Å². The lowest BCUT2D eigenvalue weighted by molar-refractivity contribution is -0.137. The van der Waals surface area contributed by atoms with Crippen LogP contribution in [0.2, 0.25) is 0 Å². The number of nitrogens with one attached hydrogen (secondary N) is 1. The number of nitriles is 1. The molecule has 0 unspecified atom stereocenters. The number of nitrogen functional groups attached to an aromatic ring is 1. The van der Waals surface area contributed by atoms with Gasteiger partial charge < -0.3 is 16.0 Å². The molecule has 13 heteroatoms. The third-order valence-electron chi connectivity index (χ3n) is 7.64. The van der Waals surface area contributed by atoms with E-state index >= 15 is 0 Å². The molecule has 0 radical (unpaired) electrons. The second-order valence-electron chi connectivity index (χ2n) is 10.1. The van der Waals surface area contributed by atoms with E-state index in [-0.39, 0.29) is 17.3 Å². The van der Waals surface area contributed by atoms with Crippen LogP contribution in [-0.4, -0.2) is 48.6 Å². The van der Waals surface area contributed by atoms with Crippen molar-refractivity contribution in [3.63, 3.8) is 0 Å². The number of nitrogens with zero attached hydrogens (tertiary/aromatic N) is 7. The van der Waals surface area contributed by atoms with Crippen molar-refractivity contribution in [3.05, 3.63) is 71.9 Å². The molecular weight excluding hydrogens is 535 g/mol. The van der Waals surface area contributed by atoms with E-state index in [0.717, 1.165) is 55.7 Å². The topological polar surface area (TPSA) is 138 Å². The molecule has 5 heterocycles. The van der Waals surface area contributed by atoms with Gasteiger partial charge in [0.25, 0.3) is 5.91 Å². The zero-order valence-corrected chi connectivity index (χ0v) is 21.6. The fraction of sp³-hybridized carbons (Fsp3) is 0.286. The Kier molecular flexibility index (Phi) is 6.53. The number of carbonyl (C=O) groups excluding carboxylic acids is 1. The molecule has 2 aliphatic heterocycles. The van der Waals surface area contributed by atoms with Gasteiger partial charge in [0, 0.05) is 48.4 Å². The molecule has 0 bridgehead atoms. The number of pyridine rings is 1. The monoisotopic (exact) mass is 559 g/mol. The summed E-state index contributed by atoms with van der Waals surface area (Å²) in [6.07, 6.45) is 5.66. The van der Waals surface area contributed by atoms with Gasteiger partial charge in [-0.15, -0.1) is 0 Å². The molecule has 2 atom stereocenters. The summed E-state index contributed by atoms with van der Waals surface area (Å²) in [6, 6.07) is 8.51. The average Bonchev–Trinajstić information content (AvgIpc) is 3.57. The number of imidazole rings is 1. The molecule has 41 heavy (non-hydrogen) atoms. The predicted octanol–water partition coefficient (Wildman–Crippen LogP) is 4.87. The normalized spacial score (nSPS) is 19.8. The molecule has 4 aromatic rings. The van der Waals surface area contributed by atoms with E-state index in [4.69, 9.17) is 11.0 Å². The number of rotatable bonds is 4. The fourth-order valence-electron chi connectivity index (χ4n) is 5.61. The van der Waals surface area contributed by atoms with Crippen molar-refractivity contribution in [2.45, 2.75) is 43.8 Å². The highest BCUT2D eigenvalue weighted by Gasteiger charge is 2.37. The molecule has 10 nitrogen and oxygen atoms in total. The Bertz CT molecular complexity index is 1710. The molecular formula is C28H24F3N9O. The van der Waals surface area contributed by atoms with Gasteiger partial charge in [0.15, 0.2) is 0 Å². The number of benzene rings is 1. The summed E-state index contributed by atoms with van der Waals surface area (Å²) < 4.78 is 40.9. The van der Waals surface area contributed by atoms with Gasteiger partial charge >= 0.3 is 6.18 Å². The first-order valence-electron chi connectivity index (χ1n) is 13.0. The van der Waals surface area contributed by atoms with Crippen molar-refractivity contribution in [3.8, 4) is 17.5 Å². The zero-order valence-electron chi connectivity index (χ0n) is 21.6. The number of piperidine rings is 1. The van der Waals surface area contributed by atoms with Gasteiger partial charge in [-0.1, -0.05) is 12.1 Å². The van der Waals surface area contributed by atoms with E-state index in [2.05, 4.69) is 30.2 Å². The average molecular weight is 560 g/mol. The number of fused-ring (bicyclic) bond motifs is 2. The van der Waals surface area contributed by atoms with Gasteiger partial charge in [-0.05, 0) is 43.5 Å². The van der Waals surface area contributed by atoms with Crippen LogP contribution >= 0.6 is 0 Å². The lowest BCUT2D eigenvalue weighted by Crippen LogP contribution is -2.41. The van der Waals surface area contributed by atoms with E-state index in [9.17, 15) is 18.0 Å². The van der Waals surface area contributed by atoms with Crippen LogP contribution in [-0.2, 0) is 6.18 Å². The van der Waals surface area contributed by atoms with E-state index in [0.29, 0.717) is 35.2 Å². The van der Waals surface area contributed by atoms with Gasteiger partial charge in [0.1, 0.15) is 28.8 Å². The number of anilines is 2. The first-order valence-corrected chi connectivity index (χ1v) is 13.0. The summed E-state index contributed by atoms with van der Waals surface area (Å²) in [5.74, 6) is 1.30. The molecule has 0 aliphatic carbocycles. The Morgan fingerprint density at radius 3 is 2.71 bits per heavy atom. The SMILES string of the molecule is N#CN=C1CC[C@@H]2CC[C@@H](c3ncc4c(N)nc(-c5ccc(C(=O)Nc6cc(C(F)(F)F)ccn6)cc5)cn34)CN12. The Morgan fingerprint density at radius 1 is 1.15 bits per heavy atom. The number of alkyl halides is 3. The number of amidine groups is 1. The van der Waals surface area contributed by atoms with E-state index in [1.807, 2.05) is 16.8 Å². The number of halogens is 3. The highest BCUT2D eigenvalue weighted by molar-refractivity contribution is 6.04. The number of hydrogen-bond acceptors (Lipinski definition) is 7. The molecule has 2 aliphatic rings. The Hall–Kier alpha value is -4.99. The maximum atomic E-state index is 13.0. The molecule has 0 spiro atoms. The minimum atomic E-state index is -4.54. The van der Waals surface area contributed by atoms with Crippen LogP contribution in [0.4, 0.5) is 24.8 Å². The van der Waals surface area contributed by atoms with Crippen LogP contribution in [0.1, 0.15) is 53.3 Å². The fourth-order valence-corrected chi connectivity index (χ4v) is 5.61. The molecule has 1 aromatic carbocycles. The number of aliphatic imine (C=N–C) groups is 1. The molecule has 208 valence electrons. The Balaban J connectivity index is 1.23. The molecule has 0 saturated carbocycles.